The van der Waals surface area contributed by atoms with Crippen molar-refractivity contribution in [2.24, 2.45) is 0 Å². The summed E-state index contributed by atoms with van der Waals surface area (Å²) in [6.45, 7) is 0. The highest BCUT2D eigenvalue weighted by atomic mass is 16.3. The molecule has 0 atom stereocenters. The normalized spacial score (nSPS) is 15.1. The Morgan fingerprint density at radius 1 is 0.469 bits per heavy atom. The predicted octanol–water partition coefficient (Wildman–Crippen LogP) is 13.3. The molecular formula is C46H33NO2. The zero-order valence-corrected chi connectivity index (χ0v) is 27.1. The lowest BCUT2D eigenvalue weighted by Gasteiger charge is -2.36. The molecule has 2 aliphatic carbocycles. The van der Waals surface area contributed by atoms with Gasteiger partial charge in [0.15, 0.2) is 5.58 Å². The molecule has 49 heavy (non-hydrogen) atoms. The van der Waals surface area contributed by atoms with Crippen LogP contribution in [0.2, 0.25) is 0 Å². The van der Waals surface area contributed by atoms with Gasteiger partial charge in [-0.1, -0.05) is 116 Å². The van der Waals surface area contributed by atoms with E-state index in [0.717, 1.165) is 55.3 Å². The van der Waals surface area contributed by atoms with Crippen LogP contribution in [0, 0.1) is 0 Å². The van der Waals surface area contributed by atoms with Gasteiger partial charge in [0.25, 0.3) is 0 Å². The number of hydrogen-bond acceptors (Lipinski definition) is 3. The molecule has 3 heteroatoms. The second-order valence-corrected chi connectivity index (χ2v) is 13.9. The lowest BCUT2D eigenvalue weighted by atomic mass is 9.68. The summed E-state index contributed by atoms with van der Waals surface area (Å²) >= 11 is 0. The van der Waals surface area contributed by atoms with Crippen LogP contribution >= 0.6 is 0 Å². The molecular weight excluding hydrogens is 599 g/mol. The minimum absolute atomic E-state index is 0.0473. The fourth-order valence-electron chi connectivity index (χ4n) is 9.34. The van der Waals surface area contributed by atoms with Crippen LogP contribution < -0.4 is 4.90 Å². The van der Waals surface area contributed by atoms with Crippen molar-refractivity contribution in [1.82, 2.24) is 0 Å². The third kappa shape index (κ3) is 3.73. The minimum Gasteiger partial charge on any atom is -0.456 e. The first-order valence-corrected chi connectivity index (χ1v) is 17.6. The van der Waals surface area contributed by atoms with Crippen LogP contribution in [-0.4, -0.2) is 0 Å². The standard InChI is InChI=1S/C46H33NO2/c1-8-25-46(26-9-1)35-18-6-4-15-32(35)43-36(46)19-11-20-37(43)47(38-21-12-24-41-44(38)33-16-5-7-23-40(33)48-41)39-22-10-17-31-34-27-29-13-2-3-14-30(29)28-42(34)49-45(31)39/h2-7,10-24,27-28H,1,8-9,25-26H2. The Morgan fingerprint density at radius 3 is 2.06 bits per heavy atom. The molecule has 0 amide bonds. The average molecular weight is 632 g/mol. The zero-order valence-electron chi connectivity index (χ0n) is 27.1. The predicted molar refractivity (Wildman–Crippen MR) is 202 cm³/mol. The van der Waals surface area contributed by atoms with Crippen LogP contribution in [0.1, 0.15) is 43.2 Å². The summed E-state index contributed by atoms with van der Waals surface area (Å²) < 4.78 is 13.4. The summed E-state index contributed by atoms with van der Waals surface area (Å²) in [6.07, 6.45) is 6.21. The second-order valence-electron chi connectivity index (χ2n) is 13.9. The molecule has 0 N–H and O–H groups in total. The van der Waals surface area contributed by atoms with E-state index in [1.54, 1.807) is 0 Å². The van der Waals surface area contributed by atoms with E-state index >= 15 is 0 Å². The average Bonchev–Trinajstić information content (AvgIpc) is 3.80. The van der Waals surface area contributed by atoms with E-state index in [1.807, 2.05) is 6.07 Å². The Morgan fingerprint density at radius 2 is 1.14 bits per heavy atom. The third-order valence-corrected chi connectivity index (χ3v) is 11.4. The monoisotopic (exact) mass is 631 g/mol. The Kier molecular flexibility index (Phi) is 5.60. The van der Waals surface area contributed by atoms with Gasteiger partial charge in [-0.2, -0.15) is 0 Å². The van der Waals surface area contributed by atoms with E-state index in [9.17, 15) is 0 Å². The Bertz CT molecular complexity index is 2780. The molecule has 2 aliphatic rings. The summed E-state index contributed by atoms with van der Waals surface area (Å²) in [6, 6.07) is 50.6. The lowest BCUT2D eigenvalue weighted by Crippen LogP contribution is -2.28. The van der Waals surface area contributed by atoms with Gasteiger partial charge < -0.3 is 13.7 Å². The molecule has 1 saturated carbocycles. The SMILES string of the molecule is c1ccc2c(c1)-c1c(N(c3cccc4c3oc3cc5ccccc5cc34)c3cccc4oc5ccccc5c34)cccc1C21CCCCC1. The first kappa shape index (κ1) is 27.2. The van der Waals surface area contributed by atoms with E-state index < -0.39 is 0 Å². The highest BCUT2D eigenvalue weighted by molar-refractivity contribution is 6.18. The van der Waals surface area contributed by atoms with Crippen molar-refractivity contribution in [1.29, 1.82) is 0 Å². The van der Waals surface area contributed by atoms with Crippen LogP contribution in [0.4, 0.5) is 17.1 Å². The van der Waals surface area contributed by atoms with E-state index in [1.165, 1.54) is 70.8 Å². The molecule has 1 spiro atoms. The summed E-state index contributed by atoms with van der Waals surface area (Å²) in [4.78, 5) is 2.46. The molecule has 0 unspecified atom stereocenters. The van der Waals surface area contributed by atoms with Crippen LogP contribution in [0.15, 0.2) is 148 Å². The van der Waals surface area contributed by atoms with Crippen LogP contribution in [0.5, 0.6) is 0 Å². The minimum atomic E-state index is 0.0473. The van der Waals surface area contributed by atoms with E-state index in [4.69, 9.17) is 8.83 Å². The number of fused-ring (bicyclic) bond motifs is 12. The van der Waals surface area contributed by atoms with Gasteiger partial charge in [-0.15, -0.1) is 0 Å². The molecule has 0 saturated heterocycles. The van der Waals surface area contributed by atoms with Gasteiger partial charge in [-0.25, -0.2) is 0 Å². The molecule has 2 aromatic heterocycles. The van der Waals surface area contributed by atoms with E-state index in [-0.39, 0.29) is 5.41 Å². The second kappa shape index (κ2) is 10.1. The van der Waals surface area contributed by atoms with Gasteiger partial charge in [-0.05, 0) is 82.8 Å². The highest BCUT2D eigenvalue weighted by Crippen LogP contribution is 2.60. The number of benzene rings is 7. The molecule has 0 bridgehead atoms. The maximum Gasteiger partial charge on any atom is 0.159 e. The van der Waals surface area contributed by atoms with Crippen molar-refractivity contribution in [2.75, 3.05) is 4.90 Å². The van der Waals surface area contributed by atoms with Crippen LogP contribution in [-0.2, 0) is 5.41 Å². The van der Waals surface area contributed by atoms with Gasteiger partial charge in [0, 0.05) is 27.1 Å². The molecule has 11 rings (SSSR count). The van der Waals surface area contributed by atoms with Gasteiger partial charge in [0.2, 0.25) is 0 Å². The quantitative estimate of drug-likeness (QED) is 0.194. The summed E-state index contributed by atoms with van der Waals surface area (Å²) in [5.41, 5.74) is 12.5. The van der Waals surface area contributed by atoms with Gasteiger partial charge >= 0.3 is 0 Å². The van der Waals surface area contributed by atoms with Crippen molar-refractivity contribution in [3.63, 3.8) is 0 Å². The van der Waals surface area contributed by atoms with Crippen molar-refractivity contribution in [3.8, 4) is 11.1 Å². The first-order valence-electron chi connectivity index (χ1n) is 17.6. The van der Waals surface area contributed by atoms with Crippen molar-refractivity contribution in [2.45, 2.75) is 37.5 Å². The smallest absolute Gasteiger partial charge is 0.159 e. The number of hydrogen-bond donors (Lipinski definition) is 0. The number of para-hydroxylation sites is 2. The lowest BCUT2D eigenvalue weighted by molar-refractivity contribution is 0.353. The number of anilines is 3. The van der Waals surface area contributed by atoms with Crippen LogP contribution in [0.25, 0.3) is 65.8 Å². The molecule has 0 aliphatic heterocycles. The molecule has 0 radical (unpaired) electrons. The Labute approximate surface area is 284 Å². The fourth-order valence-corrected chi connectivity index (χ4v) is 9.34. The van der Waals surface area contributed by atoms with Crippen molar-refractivity contribution in [3.05, 3.63) is 151 Å². The highest BCUT2D eigenvalue weighted by Gasteiger charge is 2.45. The number of furan rings is 2. The molecule has 1 fully saturated rings. The van der Waals surface area contributed by atoms with Crippen molar-refractivity contribution < 1.29 is 8.83 Å². The summed E-state index contributed by atoms with van der Waals surface area (Å²) in [7, 11) is 0. The summed E-state index contributed by atoms with van der Waals surface area (Å²) in [5, 5.41) is 6.85. The largest absolute Gasteiger partial charge is 0.456 e. The van der Waals surface area contributed by atoms with Gasteiger partial charge in [0.05, 0.1) is 22.4 Å². The van der Waals surface area contributed by atoms with E-state index in [0.29, 0.717) is 0 Å². The van der Waals surface area contributed by atoms with Gasteiger partial charge in [0.1, 0.15) is 16.7 Å². The van der Waals surface area contributed by atoms with E-state index in [2.05, 4.69) is 138 Å². The molecule has 3 nitrogen and oxygen atoms in total. The molecule has 9 aromatic rings. The Hall–Kier alpha value is -5.80. The molecule has 2 heterocycles. The van der Waals surface area contributed by atoms with Crippen LogP contribution in [0.3, 0.4) is 0 Å². The Balaban J connectivity index is 1.27. The number of nitrogens with zero attached hydrogens (tertiary/aromatic N) is 1. The molecule has 234 valence electrons. The van der Waals surface area contributed by atoms with Crippen molar-refractivity contribution >= 4 is 71.7 Å². The maximum atomic E-state index is 6.93. The molecule has 7 aromatic carbocycles. The zero-order chi connectivity index (χ0) is 32.1. The van der Waals surface area contributed by atoms with Gasteiger partial charge in [-0.3, -0.25) is 0 Å². The maximum absolute atomic E-state index is 6.93. The number of rotatable bonds is 3. The summed E-state index contributed by atoms with van der Waals surface area (Å²) in [5.74, 6) is 0. The topological polar surface area (TPSA) is 29.5 Å². The third-order valence-electron chi connectivity index (χ3n) is 11.4. The fraction of sp³-hybridized carbons (Fsp3) is 0.130. The first-order chi connectivity index (χ1) is 24.3.